The Labute approximate surface area is 213 Å². The summed E-state index contributed by atoms with van der Waals surface area (Å²) in [5, 5.41) is 6.08. The highest BCUT2D eigenvalue weighted by Crippen LogP contribution is 2.28. The molecule has 36 heavy (non-hydrogen) atoms. The van der Waals surface area contributed by atoms with Crippen LogP contribution in [-0.4, -0.2) is 86.9 Å². The number of carbonyl (C=O) groups is 1. The highest BCUT2D eigenvalue weighted by molar-refractivity contribution is 7.89. The zero-order valence-corrected chi connectivity index (χ0v) is 22.3. The third kappa shape index (κ3) is 5.68. The summed E-state index contributed by atoms with van der Waals surface area (Å²) in [6, 6.07) is 3.75. The summed E-state index contributed by atoms with van der Waals surface area (Å²) >= 11 is 0. The standard InChI is InChI=1S/C25H36N6O4S/c1-5-9-20-22-23(30(4)28-20)25(32)27-24(26-22)19-15-18(10-11-21(19)35-14-6-2)36(33,34)29-17(3)16-31-12-7-8-13-31/h10-11,15,17,23,29H,5-9,12-14,16H2,1-4H3. The van der Waals surface area contributed by atoms with Gasteiger partial charge in [-0.05, 0) is 63.9 Å². The number of hydrogen-bond donors (Lipinski definition) is 1. The zero-order valence-electron chi connectivity index (χ0n) is 21.5. The predicted molar refractivity (Wildman–Crippen MR) is 141 cm³/mol. The number of nitrogens with one attached hydrogen (secondary N) is 1. The molecule has 1 aromatic rings. The Morgan fingerprint density at radius 1 is 1.17 bits per heavy atom. The Balaban J connectivity index is 1.66. The molecule has 3 aliphatic rings. The summed E-state index contributed by atoms with van der Waals surface area (Å²) < 4.78 is 35.2. The van der Waals surface area contributed by atoms with E-state index >= 15 is 0 Å². The van der Waals surface area contributed by atoms with Crippen molar-refractivity contribution in [2.75, 3.05) is 33.3 Å². The molecular formula is C25H36N6O4S. The number of nitrogens with zero attached hydrogens (tertiary/aromatic N) is 5. The van der Waals surface area contributed by atoms with Gasteiger partial charge < -0.3 is 9.64 Å². The molecule has 0 aliphatic carbocycles. The van der Waals surface area contributed by atoms with E-state index in [1.165, 1.54) is 12.1 Å². The first-order valence-electron chi connectivity index (χ1n) is 12.8. The fraction of sp³-hybridized carbons (Fsp3) is 0.600. The minimum absolute atomic E-state index is 0.0816. The number of amidine groups is 1. The van der Waals surface area contributed by atoms with E-state index < -0.39 is 16.1 Å². The van der Waals surface area contributed by atoms with E-state index in [0.29, 0.717) is 36.6 Å². The van der Waals surface area contributed by atoms with Crippen molar-refractivity contribution < 1.29 is 17.9 Å². The Kier molecular flexibility index (Phi) is 8.21. The molecular weight excluding hydrogens is 480 g/mol. The van der Waals surface area contributed by atoms with E-state index in [2.05, 4.69) is 19.7 Å². The second-order valence-corrected chi connectivity index (χ2v) is 11.3. The van der Waals surface area contributed by atoms with Gasteiger partial charge in [0.25, 0.3) is 5.91 Å². The van der Waals surface area contributed by atoms with Crippen molar-refractivity contribution in [3.63, 3.8) is 0 Å². The molecule has 10 nitrogen and oxygen atoms in total. The second-order valence-electron chi connectivity index (χ2n) is 9.58. The van der Waals surface area contributed by atoms with Gasteiger partial charge in [0, 0.05) is 19.6 Å². The molecule has 1 fully saturated rings. The van der Waals surface area contributed by atoms with Crippen molar-refractivity contribution in [2.24, 2.45) is 15.1 Å². The van der Waals surface area contributed by atoms with Crippen molar-refractivity contribution in [3.8, 4) is 5.75 Å². The molecule has 2 atom stereocenters. The van der Waals surface area contributed by atoms with Crippen molar-refractivity contribution in [3.05, 3.63) is 23.8 Å². The largest absolute Gasteiger partial charge is 0.493 e. The van der Waals surface area contributed by atoms with Crippen LogP contribution in [-0.2, 0) is 14.8 Å². The minimum Gasteiger partial charge on any atom is -0.493 e. The molecule has 1 aromatic carbocycles. The van der Waals surface area contributed by atoms with Gasteiger partial charge in [0.1, 0.15) is 11.5 Å². The number of likely N-dealkylation sites (N-methyl/N-ethyl adjacent to an activating group) is 1. The number of carbonyl (C=O) groups excluding carboxylic acids is 1. The first-order chi connectivity index (χ1) is 17.2. The molecule has 1 N–H and O–H groups in total. The number of hydrazone groups is 1. The number of rotatable bonds is 11. The molecule has 2 unspecified atom stereocenters. The van der Waals surface area contributed by atoms with Crippen molar-refractivity contribution >= 4 is 33.2 Å². The Hall–Kier alpha value is -2.63. The van der Waals surface area contributed by atoms with E-state index in [1.807, 2.05) is 20.8 Å². The molecule has 196 valence electrons. The quantitative estimate of drug-likeness (QED) is 0.483. The van der Waals surface area contributed by atoms with E-state index in [-0.39, 0.29) is 22.7 Å². The van der Waals surface area contributed by atoms with Crippen LogP contribution >= 0.6 is 0 Å². The Bertz CT molecular complexity index is 1190. The SMILES string of the molecule is CCCOc1ccc(S(=O)(=O)NC(C)CN2CCCC2)cc1C1=NC(=O)C2C(=N1)C(CCC)=NN2C. The number of likely N-dealkylation sites (tertiary alicyclic amines) is 1. The number of ether oxygens (including phenoxy) is 1. The average Bonchev–Trinajstić information content (AvgIpc) is 3.45. The molecule has 0 aromatic heterocycles. The molecule has 1 amide bonds. The van der Waals surface area contributed by atoms with Gasteiger partial charge in [-0.3, -0.25) is 9.80 Å². The first kappa shape index (κ1) is 26.4. The third-order valence-electron chi connectivity index (χ3n) is 6.42. The number of hydrogen-bond acceptors (Lipinski definition) is 8. The lowest BCUT2D eigenvalue weighted by Crippen LogP contribution is -2.42. The van der Waals surface area contributed by atoms with Crippen LogP contribution < -0.4 is 9.46 Å². The fourth-order valence-electron chi connectivity index (χ4n) is 4.79. The lowest BCUT2D eigenvalue weighted by molar-refractivity contribution is -0.120. The van der Waals surface area contributed by atoms with Crippen LogP contribution in [0.25, 0.3) is 0 Å². The van der Waals surface area contributed by atoms with Crippen molar-refractivity contribution in [2.45, 2.75) is 69.9 Å². The van der Waals surface area contributed by atoms with E-state index in [1.54, 1.807) is 18.1 Å². The highest BCUT2D eigenvalue weighted by Gasteiger charge is 2.40. The number of fused-ring (bicyclic) bond motifs is 1. The lowest BCUT2D eigenvalue weighted by Gasteiger charge is -2.22. The van der Waals surface area contributed by atoms with Crippen LogP contribution in [0, 0.1) is 0 Å². The normalized spacial score (nSPS) is 21.2. The number of aliphatic imine (C=N–C) groups is 2. The number of sulfonamides is 1. The van der Waals surface area contributed by atoms with Gasteiger partial charge in [-0.25, -0.2) is 18.1 Å². The maximum absolute atomic E-state index is 13.3. The fourth-order valence-corrected chi connectivity index (χ4v) is 6.05. The van der Waals surface area contributed by atoms with E-state index in [9.17, 15) is 13.2 Å². The monoisotopic (exact) mass is 516 g/mol. The third-order valence-corrected chi connectivity index (χ3v) is 8.01. The van der Waals surface area contributed by atoms with Gasteiger partial charge in [0.2, 0.25) is 10.0 Å². The highest BCUT2D eigenvalue weighted by atomic mass is 32.2. The summed E-state index contributed by atoms with van der Waals surface area (Å²) in [5.74, 6) is 0.216. The lowest BCUT2D eigenvalue weighted by atomic mass is 10.0. The molecule has 0 radical (unpaired) electrons. The molecule has 0 bridgehead atoms. The van der Waals surface area contributed by atoms with Crippen LogP contribution in [0.5, 0.6) is 5.75 Å². The summed E-state index contributed by atoms with van der Waals surface area (Å²) in [5.41, 5.74) is 1.70. The van der Waals surface area contributed by atoms with Gasteiger partial charge >= 0.3 is 0 Å². The summed E-state index contributed by atoms with van der Waals surface area (Å²) in [7, 11) is -2.08. The van der Waals surface area contributed by atoms with E-state index in [0.717, 1.165) is 44.5 Å². The average molecular weight is 517 g/mol. The van der Waals surface area contributed by atoms with Gasteiger partial charge in [-0.1, -0.05) is 20.3 Å². The van der Waals surface area contributed by atoms with Crippen molar-refractivity contribution in [1.82, 2.24) is 14.6 Å². The topological polar surface area (TPSA) is 116 Å². The van der Waals surface area contributed by atoms with Gasteiger partial charge in [-0.2, -0.15) is 10.1 Å². The van der Waals surface area contributed by atoms with Gasteiger partial charge in [0.05, 0.1) is 22.8 Å². The number of benzene rings is 1. The summed E-state index contributed by atoms with van der Waals surface area (Å²) in [6.07, 6.45) is 4.61. The van der Waals surface area contributed by atoms with Gasteiger partial charge in [-0.15, -0.1) is 0 Å². The van der Waals surface area contributed by atoms with Crippen LogP contribution in [0.2, 0.25) is 0 Å². The maximum Gasteiger partial charge on any atom is 0.278 e. The maximum atomic E-state index is 13.3. The predicted octanol–water partition coefficient (Wildman–Crippen LogP) is 2.44. The molecule has 11 heteroatoms. The molecule has 4 rings (SSSR count). The Morgan fingerprint density at radius 3 is 2.61 bits per heavy atom. The first-order valence-corrected chi connectivity index (χ1v) is 14.3. The van der Waals surface area contributed by atoms with Gasteiger partial charge in [0.15, 0.2) is 11.9 Å². The molecule has 3 aliphatic heterocycles. The minimum atomic E-state index is -3.81. The van der Waals surface area contributed by atoms with Crippen LogP contribution in [0.1, 0.15) is 58.4 Å². The molecule has 1 saturated heterocycles. The summed E-state index contributed by atoms with van der Waals surface area (Å²) in [4.78, 5) is 24.3. The molecule has 0 saturated carbocycles. The smallest absolute Gasteiger partial charge is 0.278 e. The van der Waals surface area contributed by atoms with Crippen LogP contribution in [0.4, 0.5) is 0 Å². The van der Waals surface area contributed by atoms with E-state index in [4.69, 9.17) is 9.73 Å². The molecule has 0 spiro atoms. The summed E-state index contributed by atoms with van der Waals surface area (Å²) in [6.45, 7) is 8.98. The molecule has 3 heterocycles. The Morgan fingerprint density at radius 2 is 1.92 bits per heavy atom. The zero-order chi connectivity index (χ0) is 25.9. The second kappa shape index (κ2) is 11.2. The van der Waals surface area contributed by atoms with Crippen LogP contribution in [0.3, 0.4) is 0 Å². The van der Waals surface area contributed by atoms with Crippen molar-refractivity contribution in [1.29, 1.82) is 0 Å². The van der Waals surface area contributed by atoms with Crippen LogP contribution in [0.15, 0.2) is 38.2 Å². The number of amides is 1.